The van der Waals surface area contributed by atoms with Crippen molar-refractivity contribution in [1.29, 1.82) is 0 Å². The molecular weight excluding hydrogens is 310 g/mol. The van der Waals surface area contributed by atoms with Gasteiger partial charge in [-0.2, -0.15) is 0 Å². The van der Waals surface area contributed by atoms with Crippen molar-refractivity contribution in [2.24, 2.45) is 0 Å². The lowest BCUT2D eigenvalue weighted by atomic mass is 10.1. The van der Waals surface area contributed by atoms with Crippen molar-refractivity contribution >= 4 is 23.3 Å². The lowest BCUT2D eigenvalue weighted by molar-refractivity contribution is 0.0939. The highest BCUT2D eigenvalue weighted by Crippen LogP contribution is 2.12. The van der Waals surface area contributed by atoms with E-state index in [0.717, 1.165) is 30.0 Å². The van der Waals surface area contributed by atoms with E-state index in [-0.39, 0.29) is 11.9 Å². The Morgan fingerprint density at radius 3 is 2.87 bits per heavy atom. The minimum atomic E-state index is -0.0698. The molecule has 0 aliphatic carbocycles. The fraction of sp³-hybridized carbons (Fsp3) is 0.333. The van der Waals surface area contributed by atoms with Gasteiger partial charge in [0.2, 0.25) is 0 Å². The van der Waals surface area contributed by atoms with Gasteiger partial charge in [0, 0.05) is 29.4 Å². The van der Waals surface area contributed by atoms with Gasteiger partial charge in [-0.15, -0.1) is 0 Å². The summed E-state index contributed by atoms with van der Waals surface area (Å²) in [7, 11) is 0. The molecule has 1 aromatic carbocycles. The second-order valence-electron chi connectivity index (χ2n) is 5.52. The summed E-state index contributed by atoms with van der Waals surface area (Å²) in [5, 5.41) is 6.93. The van der Waals surface area contributed by atoms with Crippen molar-refractivity contribution in [3.8, 4) is 0 Å². The van der Waals surface area contributed by atoms with Crippen LogP contribution in [-0.4, -0.2) is 23.5 Å². The summed E-state index contributed by atoms with van der Waals surface area (Å²) < 4.78 is 0. The second-order valence-corrected chi connectivity index (χ2v) is 5.96. The zero-order chi connectivity index (χ0) is 16.7. The van der Waals surface area contributed by atoms with Crippen molar-refractivity contribution in [1.82, 2.24) is 10.3 Å². The van der Waals surface area contributed by atoms with Crippen LogP contribution < -0.4 is 10.6 Å². The van der Waals surface area contributed by atoms with E-state index < -0.39 is 0 Å². The Bertz CT molecular complexity index is 660. The molecule has 0 saturated heterocycles. The van der Waals surface area contributed by atoms with Crippen molar-refractivity contribution in [2.45, 2.75) is 32.7 Å². The normalized spacial score (nSPS) is 11.8. The molecule has 0 saturated carbocycles. The molecule has 2 aromatic rings. The topological polar surface area (TPSA) is 54.0 Å². The van der Waals surface area contributed by atoms with Gasteiger partial charge in [0.15, 0.2) is 0 Å². The maximum atomic E-state index is 12.1. The van der Waals surface area contributed by atoms with Crippen LogP contribution in [0.2, 0.25) is 5.02 Å². The second kappa shape index (κ2) is 8.53. The third-order valence-electron chi connectivity index (χ3n) is 3.62. The molecule has 0 aliphatic rings. The van der Waals surface area contributed by atoms with Crippen molar-refractivity contribution in [2.75, 3.05) is 11.9 Å². The van der Waals surface area contributed by atoms with Gasteiger partial charge in [0.1, 0.15) is 5.82 Å². The van der Waals surface area contributed by atoms with Crippen LogP contribution in [0.4, 0.5) is 5.82 Å². The molecule has 0 spiro atoms. The summed E-state index contributed by atoms with van der Waals surface area (Å²) in [6.07, 6.45) is 3.39. The molecule has 5 heteroatoms. The van der Waals surface area contributed by atoms with Crippen LogP contribution in [0.3, 0.4) is 0 Å². The first kappa shape index (κ1) is 17.3. The van der Waals surface area contributed by atoms with E-state index in [2.05, 4.69) is 15.6 Å². The fourth-order valence-electron chi connectivity index (χ4n) is 2.11. The van der Waals surface area contributed by atoms with E-state index >= 15 is 0 Å². The zero-order valence-corrected chi connectivity index (χ0v) is 14.2. The number of nitrogens with one attached hydrogen (secondary N) is 2. The number of hydrogen-bond acceptors (Lipinski definition) is 3. The Kier molecular flexibility index (Phi) is 6.41. The van der Waals surface area contributed by atoms with Crippen molar-refractivity contribution < 1.29 is 4.79 Å². The standard InChI is InChI=1S/C18H22ClN3O/c1-3-13(2)22-18(23)15-8-10-21-17(12-15)20-9-7-14-5-4-6-16(19)11-14/h4-6,8,10-13H,3,7,9H2,1-2H3,(H,20,21)(H,22,23). The Labute approximate surface area is 142 Å². The Morgan fingerprint density at radius 2 is 2.13 bits per heavy atom. The molecule has 4 nitrogen and oxygen atoms in total. The first-order valence-corrected chi connectivity index (χ1v) is 8.21. The van der Waals surface area contributed by atoms with Crippen molar-refractivity contribution in [3.63, 3.8) is 0 Å². The molecule has 0 aliphatic heterocycles. The number of hydrogen-bond donors (Lipinski definition) is 2. The number of carbonyl (C=O) groups is 1. The van der Waals surface area contributed by atoms with Gasteiger partial charge >= 0.3 is 0 Å². The minimum Gasteiger partial charge on any atom is -0.370 e. The number of benzene rings is 1. The van der Waals surface area contributed by atoms with E-state index in [1.54, 1.807) is 18.3 Å². The molecule has 0 bridgehead atoms. The maximum absolute atomic E-state index is 12.1. The van der Waals surface area contributed by atoms with Crippen LogP contribution >= 0.6 is 11.6 Å². The highest BCUT2D eigenvalue weighted by molar-refractivity contribution is 6.30. The number of pyridine rings is 1. The monoisotopic (exact) mass is 331 g/mol. The minimum absolute atomic E-state index is 0.0698. The smallest absolute Gasteiger partial charge is 0.251 e. The van der Waals surface area contributed by atoms with Gasteiger partial charge in [-0.25, -0.2) is 4.98 Å². The molecule has 2 N–H and O–H groups in total. The molecule has 0 radical (unpaired) electrons. The largest absolute Gasteiger partial charge is 0.370 e. The number of rotatable bonds is 7. The van der Waals surface area contributed by atoms with Gasteiger partial charge < -0.3 is 10.6 Å². The Morgan fingerprint density at radius 1 is 1.30 bits per heavy atom. The third kappa shape index (κ3) is 5.57. The van der Waals surface area contributed by atoms with E-state index in [9.17, 15) is 4.79 Å². The number of aromatic nitrogens is 1. The molecule has 1 atom stereocenters. The number of halogens is 1. The lowest BCUT2D eigenvalue weighted by Gasteiger charge is -2.12. The lowest BCUT2D eigenvalue weighted by Crippen LogP contribution is -2.31. The summed E-state index contributed by atoms with van der Waals surface area (Å²) in [6, 6.07) is 11.4. The summed E-state index contributed by atoms with van der Waals surface area (Å²) in [6.45, 7) is 4.76. The molecule has 23 heavy (non-hydrogen) atoms. The fourth-order valence-corrected chi connectivity index (χ4v) is 2.32. The van der Waals surface area contributed by atoms with Crippen molar-refractivity contribution in [3.05, 3.63) is 58.7 Å². The number of nitrogens with zero attached hydrogens (tertiary/aromatic N) is 1. The number of carbonyl (C=O) groups excluding carboxylic acids is 1. The van der Waals surface area contributed by atoms with Gasteiger partial charge in [0.25, 0.3) is 5.91 Å². The van der Waals surface area contributed by atoms with Crippen LogP contribution in [-0.2, 0) is 6.42 Å². The van der Waals surface area contributed by atoms with E-state index in [1.807, 2.05) is 38.1 Å². The van der Waals surface area contributed by atoms with E-state index in [4.69, 9.17) is 11.6 Å². The van der Waals surface area contributed by atoms with Gasteiger partial charge in [0.05, 0.1) is 0 Å². The number of amides is 1. The number of anilines is 1. The SMILES string of the molecule is CCC(C)NC(=O)c1ccnc(NCCc2cccc(Cl)c2)c1. The van der Waals surface area contributed by atoms with Crippen LogP contribution in [0.15, 0.2) is 42.6 Å². The molecular formula is C18H22ClN3O. The van der Waals surface area contributed by atoms with Crippen LogP contribution in [0.5, 0.6) is 0 Å². The molecule has 2 rings (SSSR count). The first-order chi connectivity index (χ1) is 11.1. The molecule has 1 heterocycles. The van der Waals surface area contributed by atoms with Crippen LogP contribution in [0.25, 0.3) is 0 Å². The van der Waals surface area contributed by atoms with Crippen LogP contribution in [0.1, 0.15) is 36.2 Å². The van der Waals surface area contributed by atoms with E-state index in [1.165, 1.54) is 0 Å². The average molecular weight is 332 g/mol. The van der Waals surface area contributed by atoms with Gasteiger partial charge in [-0.1, -0.05) is 30.7 Å². The van der Waals surface area contributed by atoms with Crippen LogP contribution in [0, 0.1) is 0 Å². The molecule has 1 aromatic heterocycles. The van der Waals surface area contributed by atoms with Gasteiger partial charge in [-0.3, -0.25) is 4.79 Å². The Hall–Kier alpha value is -2.07. The summed E-state index contributed by atoms with van der Waals surface area (Å²) in [5.41, 5.74) is 1.78. The van der Waals surface area contributed by atoms with E-state index in [0.29, 0.717) is 11.4 Å². The Balaban J connectivity index is 1.91. The third-order valence-corrected chi connectivity index (χ3v) is 3.86. The summed E-state index contributed by atoms with van der Waals surface area (Å²) in [5.74, 6) is 0.628. The highest BCUT2D eigenvalue weighted by Gasteiger charge is 2.09. The molecule has 122 valence electrons. The average Bonchev–Trinajstić information content (AvgIpc) is 2.55. The quantitative estimate of drug-likeness (QED) is 0.808. The molecule has 1 amide bonds. The predicted octanol–water partition coefficient (Wildman–Crippen LogP) is 3.92. The molecule has 0 fully saturated rings. The maximum Gasteiger partial charge on any atom is 0.251 e. The molecule has 1 unspecified atom stereocenters. The zero-order valence-electron chi connectivity index (χ0n) is 13.5. The first-order valence-electron chi connectivity index (χ1n) is 7.83. The summed E-state index contributed by atoms with van der Waals surface area (Å²) in [4.78, 5) is 16.4. The highest BCUT2D eigenvalue weighted by atomic mass is 35.5. The van der Waals surface area contributed by atoms with Gasteiger partial charge in [-0.05, 0) is 49.6 Å². The predicted molar refractivity (Wildman–Crippen MR) is 95.1 cm³/mol. The summed E-state index contributed by atoms with van der Waals surface area (Å²) >= 11 is 5.97.